The minimum absolute atomic E-state index is 0.110. The second-order valence-corrected chi connectivity index (χ2v) is 4.82. The van der Waals surface area contributed by atoms with Crippen molar-refractivity contribution < 1.29 is 4.79 Å². The van der Waals surface area contributed by atoms with Crippen LogP contribution in [0.2, 0.25) is 0 Å². The summed E-state index contributed by atoms with van der Waals surface area (Å²) in [6, 6.07) is 3.75. The summed E-state index contributed by atoms with van der Waals surface area (Å²) in [4.78, 5) is 15.9. The first-order chi connectivity index (χ1) is 8.17. The molecule has 1 aromatic heterocycles. The van der Waals surface area contributed by atoms with Crippen LogP contribution in [-0.2, 0) is 0 Å². The van der Waals surface area contributed by atoms with Gasteiger partial charge >= 0.3 is 0 Å². The molecule has 0 aliphatic rings. The molecule has 1 atom stereocenters. The highest BCUT2D eigenvalue weighted by atomic mass is 32.2. The molecule has 17 heavy (non-hydrogen) atoms. The zero-order chi connectivity index (χ0) is 12.7. The van der Waals surface area contributed by atoms with Gasteiger partial charge < -0.3 is 10.6 Å². The fourth-order valence-corrected chi connectivity index (χ4v) is 1.93. The van der Waals surface area contributed by atoms with Gasteiger partial charge in [-0.25, -0.2) is 4.98 Å². The molecule has 0 fully saturated rings. The number of rotatable bonds is 6. The molecule has 0 saturated heterocycles. The highest BCUT2D eigenvalue weighted by molar-refractivity contribution is 7.98. The minimum Gasteiger partial charge on any atom is -0.387 e. The third-order valence-electron chi connectivity index (χ3n) is 2.42. The van der Waals surface area contributed by atoms with Gasteiger partial charge in [-0.1, -0.05) is 0 Å². The van der Waals surface area contributed by atoms with Crippen LogP contribution in [0.4, 0.5) is 5.69 Å². The van der Waals surface area contributed by atoms with Gasteiger partial charge in [0.25, 0.3) is 5.91 Å². The fourth-order valence-electron chi connectivity index (χ4n) is 1.34. The van der Waals surface area contributed by atoms with Crippen LogP contribution in [0.15, 0.2) is 18.3 Å². The summed E-state index contributed by atoms with van der Waals surface area (Å²) in [6.45, 7) is 2.01. The van der Waals surface area contributed by atoms with Gasteiger partial charge in [0.1, 0.15) is 5.69 Å². The van der Waals surface area contributed by atoms with Gasteiger partial charge in [-0.15, -0.1) is 0 Å². The lowest BCUT2D eigenvalue weighted by atomic mass is 10.2. The number of amides is 1. The Morgan fingerprint density at radius 1 is 1.53 bits per heavy atom. The number of pyridine rings is 1. The monoisotopic (exact) mass is 253 g/mol. The molecule has 0 bridgehead atoms. The molecule has 0 saturated carbocycles. The molecule has 94 valence electrons. The number of hydrogen-bond donors (Lipinski definition) is 2. The Bertz CT molecular complexity index is 353. The molecule has 1 unspecified atom stereocenters. The number of hydrogen-bond acceptors (Lipinski definition) is 4. The van der Waals surface area contributed by atoms with Crippen LogP contribution >= 0.6 is 11.8 Å². The number of aromatic nitrogens is 1. The smallest absolute Gasteiger partial charge is 0.270 e. The molecule has 0 aliphatic heterocycles. The second kappa shape index (κ2) is 7.17. The van der Waals surface area contributed by atoms with Crippen LogP contribution in [-0.4, -0.2) is 36.0 Å². The van der Waals surface area contributed by atoms with Gasteiger partial charge in [0.05, 0.1) is 11.9 Å². The van der Waals surface area contributed by atoms with Crippen molar-refractivity contribution in [1.29, 1.82) is 0 Å². The van der Waals surface area contributed by atoms with E-state index in [9.17, 15) is 4.79 Å². The molecule has 4 nitrogen and oxygen atoms in total. The zero-order valence-electron chi connectivity index (χ0n) is 10.5. The van der Waals surface area contributed by atoms with Gasteiger partial charge in [-0.05, 0) is 37.5 Å². The van der Waals surface area contributed by atoms with Crippen molar-refractivity contribution in [3.8, 4) is 0 Å². The van der Waals surface area contributed by atoms with E-state index in [-0.39, 0.29) is 11.9 Å². The van der Waals surface area contributed by atoms with Crippen LogP contribution in [0.1, 0.15) is 23.8 Å². The highest BCUT2D eigenvalue weighted by Gasteiger charge is 2.10. The van der Waals surface area contributed by atoms with Gasteiger partial charge in [0, 0.05) is 13.1 Å². The van der Waals surface area contributed by atoms with Gasteiger partial charge in [-0.2, -0.15) is 11.8 Å². The second-order valence-electron chi connectivity index (χ2n) is 3.84. The first kappa shape index (κ1) is 13.8. The van der Waals surface area contributed by atoms with Crippen molar-refractivity contribution in [1.82, 2.24) is 10.3 Å². The molecule has 1 aromatic rings. The van der Waals surface area contributed by atoms with Gasteiger partial charge in [0.2, 0.25) is 0 Å². The van der Waals surface area contributed by atoms with Crippen molar-refractivity contribution in [2.75, 3.05) is 24.4 Å². The van der Waals surface area contributed by atoms with Gasteiger partial charge in [-0.3, -0.25) is 4.79 Å². The molecular formula is C12H19N3OS. The normalized spacial score (nSPS) is 11.9. The largest absolute Gasteiger partial charge is 0.387 e. The van der Waals surface area contributed by atoms with Crippen molar-refractivity contribution >= 4 is 23.4 Å². The van der Waals surface area contributed by atoms with Crippen molar-refractivity contribution in [2.45, 2.75) is 19.4 Å². The molecule has 2 N–H and O–H groups in total. The van der Waals surface area contributed by atoms with E-state index in [2.05, 4.69) is 21.9 Å². The van der Waals surface area contributed by atoms with Crippen LogP contribution in [0.25, 0.3) is 0 Å². The average Bonchev–Trinajstić information content (AvgIpc) is 2.36. The van der Waals surface area contributed by atoms with Crippen molar-refractivity contribution in [2.24, 2.45) is 0 Å². The number of nitrogens with zero attached hydrogens (tertiary/aromatic N) is 1. The van der Waals surface area contributed by atoms with Crippen molar-refractivity contribution in [3.63, 3.8) is 0 Å². The summed E-state index contributed by atoms with van der Waals surface area (Å²) in [7, 11) is 1.82. The third-order valence-corrected chi connectivity index (χ3v) is 3.06. The minimum atomic E-state index is -0.110. The first-order valence-corrected chi connectivity index (χ1v) is 7.00. The highest BCUT2D eigenvalue weighted by Crippen LogP contribution is 2.06. The van der Waals surface area contributed by atoms with Crippen molar-refractivity contribution in [3.05, 3.63) is 24.0 Å². The van der Waals surface area contributed by atoms with E-state index in [0.29, 0.717) is 5.69 Å². The third kappa shape index (κ3) is 4.65. The van der Waals surface area contributed by atoms with E-state index in [1.54, 1.807) is 24.0 Å². The molecule has 0 aromatic carbocycles. The lowest BCUT2D eigenvalue weighted by molar-refractivity contribution is 0.0934. The van der Waals surface area contributed by atoms with E-state index in [0.717, 1.165) is 17.9 Å². The Morgan fingerprint density at radius 3 is 2.82 bits per heavy atom. The maximum absolute atomic E-state index is 11.8. The Balaban J connectivity index is 2.51. The maximum atomic E-state index is 11.8. The lowest BCUT2D eigenvalue weighted by Crippen LogP contribution is -2.33. The van der Waals surface area contributed by atoms with Crippen LogP contribution in [0.5, 0.6) is 0 Å². The number of anilines is 1. The van der Waals surface area contributed by atoms with Crippen LogP contribution in [0.3, 0.4) is 0 Å². The van der Waals surface area contributed by atoms with Crippen LogP contribution < -0.4 is 10.6 Å². The topological polar surface area (TPSA) is 54.0 Å². The molecule has 1 heterocycles. The Labute approximate surface area is 107 Å². The summed E-state index contributed by atoms with van der Waals surface area (Å²) < 4.78 is 0. The number of carbonyl (C=O) groups is 1. The lowest BCUT2D eigenvalue weighted by Gasteiger charge is -2.12. The summed E-state index contributed by atoms with van der Waals surface area (Å²) in [5.74, 6) is 0.939. The number of nitrogens with one attached hydrogen (secondary N) is 2. The van der Waals surface area contributed by atoms with Crippen LogP contribution in [0, 0.1) is 0 Å². The Morgan fingerprint density at radius 2 is 2.29 bits per heavy atom. The zero-order valence-corrected chi connectivity index (χ0v) is 11.3. The Kier molecular flexibility index (Phi) is 5.83. The standard InChI is InChI=1S/C12H19N3OS/c1-9(6-7-17-3)15-12(16)11-5-4-10(13-2)8-14-11/h4-5,8-9,13H,6-7H2,1-3H3,(H,15,16). The predicted molar refractivity (Wildman–Crippen MR) is 73.7 cm³/mol. The molecule has 0 radical (unpaired) electrons. The first-order valence-electron chi connectivity index (χ1n) is 5.61. The number of thioether (sulfide) groups is 1. The molecular weight excluding hydrogens is 234 g/mol. The van der Waals surface area contributed by atoms with Gasteiger partial charge in [0.15, 0.2) is 0 Å². The summed E-state index contributed by atoms with van der Waals surface area (Å²) in [6.07, 6.45) is 4.69. The molecule has 0 aliphatic carbocycles. The molecule has 0 spiro atoms. The molecule has 1 amide bonds. The van der Waals surface area contributed by atoms with E-state index in [1.807, 2.05) is 20.0 Å². The quantitative estimate of drug-likeness (QED) is 0.814. The maximum Gasteiger partial charge on any atom is 0.270 e. The average molecular weight is 253 g/mol. The SMILES string of the molecule is CNc1ccc(C(=O)NC(C)CCSC)nc1. The molecule has 5 heteroatoms. The summed E-state index contributed by atoms with van der Waals surface area (Å²) in [5.41, 5.74) is 1.36. The number of carbonyl (C=O) groups excluding carboxylic acids is 1. The van der Waals surface area contributed by atoms with E-state index < -0.39 is 0 Å². The fraction of sp³-hybridized carbons (Fsp3) is 0.500. The van der Waals surface area contributed by atoms with E-state index >= 15 is 0 Å². The summed E-state index contributed by atoms with van der Waals surface area (Å²) >= 11 is 1.78. The predicted octanol–water partition coefficient (Wildman–Crippen LogP) is 1.99. The molecule has 1 rings (SSSR count). The van der Waals surface area contributed by atoms with E-state index in [1.165, 1.54) is 0 Å². The summed E-state index contributed by atoms with van der Waals surface area (Å²) in [5, 5.41) is 5.90. The van der Waals surface area contributed by atoms with E-state index in [4.69, 9.17) is 0 Å². The Hall–Kier alpha value is -1.23.